The van der Waals surface area contributed by atoms with E-state index in [-0.39, 0.29) is 0 Å². The highest BCUT2D eigenvalue weighted by Gasteiger charge is 1.94. The summed E-state index contributed by atoms with van der Waals surface area (Å²) in [5.74, 6) is -0.595. The number of amides is 1. The minimum Gasteiger partial charge on any atom is -0.287 e. The zero-order valence-corrected chi connectivity index (χ0v) is 4.34. The molecule has 0 bridgehead atoms. The summed E-state index contributed by atoms with van der Waals surface area (Å²) < 4.78 is 0. The number of carbonyl (C=O) groups is 1. The maximum Gasteiger partial charge on any atom is 0.203 e. The molecule has 0 aromatic carbocycles. The molecule has 0 spiro atoms. The van der Waals surface area contributed by atoms with Crippen molar-refractivity contribution in [2.24, 2.45) is 0 Å². The molecule has 0 aliphatic heterocycles. The van der Waals surface area contributed by atoms with Gasteiger partial charge in [-0.25, -0.2) is 5.06 Å². The van der Waals surface area contributed by atoms with E-state index in [9.17, 15) is 4.79 Å². The van der Waals surface area contributed by atoms with E-state index in [1.807, 2.05) is 0 Å². The van der Waals surface area contributed by atoms with Gasteiger partial charge in [-0.1, -0.05) is 0 Å². The van der Waals surface area contributed by atoms with Crippen molar-refractivity contribution in [3.05, 3.63) is 0 Å². The number of hydrogen-bond acceptors (Lipinski definition) is 2. The zero-order valence-electron chi connectivity index (χ0n) is 4.34. The van der Waals surface area contributed by atoms with Crippen LogP contribution in [0, 0.1) is 0 Å². The van der Waals surface area contributed by atoms with E-state index in [1.165, 1.54) is 14.2 Å². The third-order valence-electron chi connectivity index (χ3n) is 0.584. The Hall–Kier alpha value is -0.505. The molecule has 0 saturated heterocycles. The van der Waals surface area contributed by atoms with Crippen LogP contribution in [0.25, 0.3) is 0 Å². The van der Waals surface area contributed by atoms with Gasteiger partial charge >= 0.3 is 0 Å². The molecule has 1 amide bonds. The van der Waals surface area contributed by atoms with Gasteiger partial charge in [0.25, 0.3) is 0 Å². The lowest BCUT2D eigenvalue weighted by atomic mass is 10.1. The number of nitrogens with zero attached hydrogens (tertiary/aromatic N) is 1. The van der Waals surface area contributed by atoms with E-state index in [2.05, 4.69) is 4.84 Å². The Balaban J connectivity index is 3.34. The summed E-state index contributed by atoms with van der Waals surface area (Å²) in [6, 6.07) is 0. The van der Waals surface area contributed by atoms with Gasteiger partial charge in [-0.3, -0.25) is 9.63 Å². The topological polar surface area (TPSA) is 29.5 Å². The summed E-state index contributed by atoms with van der Waals surface area (Å²) in [6.45, 7) is 0. The van der Waals surface area contributed by atoms with Crippen LogP contribution in [0.4, 0.5) is 4.79 Å². The van der Waals surface area contributed by atoms with Crippen LogP contribution in [0.1, 0.15) is 0 Å². The van der Waals surface area contributed by atoms with Crippen molar-refractivity contribution >= 4 is 13.7 Å². The van der Waals surface area contributed by atoms with Crippen LogP contribution in [-0.2, 0) is 4.84 Å². The highest BCUT2D eigenvalue weighted by atomic mass is 16.7. The van der Waals surface area contributed by atoms with Crippen molar-refractivity contribution in [2.45, 2.75) is 0 Å². The third kappa shape index (κ3) is 2.22. The molecule has 0 heterocycles. The van der Waals surface area contributed by atoms with Gasteiger partial charge < -0.3 is 0 Å². The lowest BCUT2D eigenvalue weighted by Gasteiger charge is -2.09. The highest BCUT2D eigenvalue weighted by Crippen LogP contribution is 1.78. The van der Waals surface area contributed by atoms with Crippen molar-refractivity contribution in [3.63, 3.8) is 0 Å². The van der Waals surface area contributed by atoms with Gasteiger partial charge in [-0.15, -0.1) is 0 Å². The number of hydrogen-bond donors (Lipinski definition) is 0. The summed E-state index contributed by atoms with van der Waals surface area (Å²) in [5.41, 5.74) is 0. The molecule has 0 aliphatic carbocycles. The average Bonchev–Trinajstić information content (AvgIpc) is 1.65. The molecular formula is C3H6BNO2. The molecule has 0 unspecified atom stereocenters. The number of hydroxylamine groups is 2. The van der Waals surface area contributed by atoms with E-state index in [0.29, 0.717) is 0 Å². The maximum atomic E-state index is 9.95. The van der Waals surface area contributed by atoms with Crippen molar-refractivity contribution in [1.29, 1.82) is 0 Å². The molecule has 0 fully saturated rings. The first kappa shape index (κ1) is 6.49. The summed E-state index contributed by atoms with van der Waals surface area (Å²) in [4.78, 5) is 14.3. The number of rotatable bonds is 1. The average molecular weight is 98.9 g/mol. The van der Waals surface area contributed by atoms with Gasteiger partial charge in [0.1, 0.15) is 0 Å². The van der Waals surface area contributed by atoms with Crippen LogP contribution >= 0.6 is 0 Å². The predicted molar refractivity (Wildman–Crippen MR) is 25.9 cm³/mol. The minimum absolute atomic E-state index is 0.595. The van der Waals surface area contributed by atoms with Gasteiger partial charge in [-0.05, 0) is 0 Å². The van der Waals surface area contributed by atoms with Crippen molar-refractivity contribution in [2.75, 3.05) is 14.2 Å². The standard InChI is InChI=1S/C3H6BNO2/c1-5(7-2)3(4)6/h1-2H3. The van der Waals surface area contributed by atoms with Crippen molar-refractivity contribution < 1.29 is 9.63 Å². The molecule has 0 aromatic rings. The second-order valence-corrected chi connectivity index (χ2v) is 1.02. The van der Waals surface area contributed by atoms with Gasteiger partial charge in [0.15, 0.2) is 5.81 Å². The fourth-order valence-corrected chi connectivity index (χ4v) is 0.0900. The normalized spacial score (nSPS) is 8.29. The highest BCUT2D eigenvalue weighted by molar-refractivity contribution is 6.56. The Bertz CT molecular complexity index is 75.3. The Morgan fingerprint density at radius 2 is 2.29 bits per heavy atom. The SMILES string of the molecule is [B]C(=O)N(C)OC. The predicted octanol–water partition coefficient (Wildman–Crippen LogP) is -0.232. The molecular weight excluding hydrogens is 92.8 g/mol. The fourth-order valence-electron chi connectivity index (χ4n) is 0.0900. The smallest absolute Gasteiger partial charge is 0.203 e. The van der Waals surface area contributed by atoms with Crippen LogP contribution in [0.3, 0.4) is 0 Å². The van der Waals surface area contributed by atoms with E-state index in [4.69, 9.17) is 7.85 Å². The molecule has 0 N–H and O–H groups in total. The first-order valence-corrected chi connectivity index (χ1v) is 1.75. The van der Waals surface area contributed by atoms with E-state index < -0.39 is 5.81 Å². The second-order valence-electron chi connectivity index (χ2n) is 1.02. The van der Waals surface area contributed by atoms with Gasteiger partial charge in [0, 0.05) is 7.05 Å². The van der Waals surface area contributed by atoms with E-state index in [0.717, 1.165) is 5.06 Å². The summed E-state index contributed by atoms with van der Waals surface area (Å²) in [5, 5.41) is 0.931. The largest absolute Gasteiger partial charge is 0.287 e. The minimum atomic E-state index is -0.595. The second kappa shape index (κ2) is 2.63. The Kier molecular flexibility index (Phi) is 2.44. The first-order valence-electron chi connectivity index (χ1n) is 1.75. The number of carbonyl (C=O) groups excluding carboxylic acids is 1. The van der Waals surface area contributed by atoms with Crippen LogP contribution in [0.2, 0.25) is 0 Å². The van der Waals surface area contributed by atoms with Crippen LogP contribution in [-0.4, -0.2) is 32.9 Å². The summed E-state index contributed by atoms with van der Waals surface area (Å²) in [6.07, 6.45) is 0. The molecule has 0 aromatic heterocycles. The van der Waals surface area contributed by atoms with Crippen LogP contribution < -0.4 is 0 Å². The third-order valence-corrected chi connectivity index (χ3v) is 0.584. The van der Waals surface area contributed by atoms with Gasteiger partial charge in [0.2, 0.25) is 7.85 Å². The van der Waals surface area contributed by atoms with Crippen molar-refractivity contribution in [3.8, 4) is 0 Å². The molecule has 3 nitrogen and oxygen atoms in total. The van der Waals surface area contributed by atoms with E-state index >= 15 is 0 Å². The monoisotopic (exact) mass is 99.0 g/mol. The molecule has 4 heteroatoms. The lowest BCUT2D eigenvalue weighted by Crippen LogP contribution is -2.23. The van der Waals surface area contributed by atoms with Crippen LogP contribution in [0.15, 0.2) is 0 Å². The zero-order chi connectivity index (χ0) is 5.86. The Morgan fingerprint density at radius 3 is 2.29 bits per heavy atom. The molecule has 0 aliphatic rings. The quantitative estimate of drug-likeness (QED) is 0.335. The molecule has 38 valence electrons. The summed E-state index contributed by atoms with van der Waals surface area (Å²) in [7, 11) is 7.51. The molecule has 0 atom stereocenters. The Labute approximate surface area is 43.6 Å². The molecule has 0 rings (SSSR count). The molecule has 7 heavy (non-hydrogen) atoms. The fraction of sp³-hybridized carbons (Fsp3) is 0.667. The molecule has 0 saturated carbocycles. The van der Waals surface area contributed by atoms with Crippen molar-refractivity contribution in [1.82, 2.24) is 5.06 Å². The van der Waals surface area contributed by atoms with Crippen LogP contribution in [0.5, 0.6) is 0 Å². The van der Waals surface area contributed by atoms with E-state index in [1.54, 1.807) is 0 Å². The van der Waals surface area contributed by atoms with Gasteiger partial charge in [-0.2, -0.15) is 0 Å². The first-order chi connectivity index (χ1) is 3.18. The maximum absolute atomic E-state index is 9.95. The Morgan fingerprint density at radius 1 is 1.86 bits per heavy atom. The van der Waals surface area contributed by atoms with Gasteiger partial charge in [0.05, 0.1) is 7.11 Å². The lowest BCUT2D eigenvalue weighted by molar-refractivity contribution is -0.0555. The molecule has 2 radical (unpaired) electrons. The summed E-state index contributed by atoms with van der Waals surface area (Å²) >= 11 is 0.